The van der Waals surface area contributed by atoms with Gasteiger partial charge in [-0.2, -0.15) is 5.26 Å². The van der Waals surface area contributed by atoms with Gasteiger partial charge in [0.2, 0.25) is 10.0 Å². The van der Waals surface area contributed by atoms with E-state index >= 15 is 0 Å². The van der Waals surface area contributed by atoms with Crippen molar-refractivity contribution in [2.75, 3.05) is 0 Å². The highest BCUT2D eigenvalue weighted by Crippen LogP contribution is 2.29. The summed E-state index contributed by atoms with van der Waals surface area (Å²) in [5, 5.41) is 8.90. The topological polar surface area (TPSA) is 70.0 Å². The Morgan fingerprint density at radius 1 is 1.38 bits per heavy atom. The Kier molecular flexibility index (Phi) is 5.26. The van der Waals surface area contributed by atoms with Crippen LogP contribution in [0.2, 0.25) is 5.02 Å². The molecule has 1 fully saturated rings. The van der Waals surface area contributed by atoms with Crippen LogP contribution in [0.3, 0.4) is 0 Å². The first kappa shape index (κ1) is 16.3. The van der Waals surface area contributed by atoms with Crippen molar-refractivity contribution in [2.45, 2.75) is 50.0 Å². The first-order valence-corrected chi connectivity index (χ1v) is 9.06. The first-order chi connectivity index (χ1) is 9.97. The predicted octanol–water partition coefficient (Wildman–Crippen LogP) is 3.46. The van der Waals surface area contributed by atoms with Crippen molar-refractivity contribution in [1.29, 1.82) is 5.26 Å². The second-order valence-corrected chi connectivity index (χ2v) is 7.53. The summed E-state index contributed by atoms with van der Waals surface area (Å²) >= 11 is 6.01. The van der Waals surface area contributed by atoms with E-state index in [9.17, 15) is 8.42 Å². The van der Waals surface area contributed by atoms with E-state index in [1.54, 1.807) is 0 Å². The quantitative estimate of drug-likeness (QED) is 0.921. The number of rotatable bonds is 4. The fraction of sp³-hybridized carbons (Fsp3) is 0.533. The highest BCUT2D eigenvalue weighted by molar-refractivity contribution is 7.89. The smallest absolute Gasteiger partial charge is 0.208 e. The van der Waals surface area contributed by atoms with Gasteiger partial charge in [0.15, 0.2) is 0 Å². The van der Waals surface area contributed by atoms with Crippen molar-refractivity contribution >= 4 is 21.6 Å². The molecule has 0 radical (unpaired) electrons. The Morgan fingerprint density at radius 2 is 2.10 bits per heavy atom. The number of halogens is 1. The fourth-order valence-electron chi connectivity index (χ4n) is 2.90. The average Bonchev–Trinajstić information content (AvgIpc) is 2.47. The maximum Gasteiger partial charge on any atom is 0.242 e. The molecule has 21 heavy (non-hydrogen) atoms. The van der Waals surface area contributed by atoms with Crippen LogP contribution in [0, 0.1) is 17.2 Å². The van der Waals surface area contributed by atoms with E-state index in [2.05, 4.69) is 11.6 Å². The summed E-state index contributed by atoms with van der Waals surface area (Å²) in [6, 6.07) is 6.17. The van der Waals surface area contributed by atoms with Gasteiger partial charge in [0, 0.05) is 6.04 Å². The van der Waals surface area contributed by atoms with Gasteiger partial charge < -0.3 is 0 Å². The van der Waals surface area contributed by atoms with Crippen LogP contribution in [0.4, 0.5) is 0 Å². The molecule has 0 spiro atoms. The third kappa shape index (κ3) is 3.76. The van der Waals surface area contributed by atoms with Crippen molar-refractivity contribution in [1.82, 2.24) is 4.72 Å². The monoisotopic (exact) mass is 326 g/mol. The van der Waals surface area contributed by atoms with Gasteiger partial charge in [-0.25, -0.2) is 13.1 Å². The number of nitrogens with one attached hydrogen (secondary N) is 1. The standard InChI is InChI=1S/C15H19ClN2O2S/c1-2-12-5-3-4-6-14(12)18-21(19,20)15-8-7-11(10-17)9-13(15)16/h7-9,12,14,18H,2-6H2,1H3. The SMILES string of the molecule is CCC1CCCCC1NS(=O)(=O)c1ccc(C#N)cc1Cl. The summed E-state index contributed by atoms with van der Waals surface area (Å²) in [5.41, 5.74) is 0.350. The lowest BCUT2D eigenvalue weighted by Gasteiger charge is -2.31. The zero-order valence-corrected chi connectivity index (χ0v) is 13.5. The number of sulfonamides is 1. The minimum atomic E-state index is -3.65. The minimum absolute atomic E-state index is 0.0274. The van der Waals surface area contributed by atoms with E-state index in [0.717, 1.165) is 32.1 Å². The largest absolute Gasteiger partial charge is 0.242 e. The molecule has 0 saturated heterocycles. The van der Waals surface area contributed by atoms with Crippen LogP contribution in [0.5, 0.6) is 0 Å². The van der Waals surface area contributed by atoms with E-state index in [-0.39, 0.29) is 16.0 Å². The number of hydrogen-bond donors (Lipinski definition) is 1. The lowest BCUT2D eigenvalue weighted by molar-refractivity contribution is 0.282. The second kappa shape index (κ2) is 6.78. The van der Waals surface area contributed by atoms with Crippen LogP contribution in [0.1, 0.15) is 44.6 Å². The van der Waals surface area contributed by atoms with Crippen molar-refractivity contribution < 1.29 is 8.42 Å². The Labute approximate surface area is 131 Å². The van der Waals surface area contributed by atoms with Gasteiger partial charge in [0.05, 0.1) is 16.7 Å². The van der Waals surface area contributed by atoms with Gasteiger partial charge in [0.1, 0.15) is 4.90 Å². The van der Waals surface area contributed by atoms with E-state index in [4.69, 9.17) is 16.9 Å². The molecule has 1 N–H and O–H groups in total. The molecule has 1 aromatic rings. The summed E-state index contributed by atoms with van der Waals surface area (Å²) in [6.07, 6.45) is 5.10. The third-order valence-corrected chi connectivity index (χ3v) is 6.06. The molecule has 1 saturated carbocycles. The van der Waals surface area contributed by atoms with Crippen LogP contribution in [0.25, 0.3) is 0 Å². The van der Waals surface area contributed by atoms with Crippen LogP contribution >= 0.6 is 11.6 Å². The fourth-order valence-corrected chi connectivity index (χ4v) is 4.79. The molecule has 4 nitrogen and oxygen atoms in total. The molecule has 0 aromatic heterocycles. The maximum atomic E-state index is 12.5. The molecule has 1 aromatic carbocycles. The molecule has 1 aliphatic rings. The van der Waals surface area contributed by atoms with Crippen LogP contribution in [0.15, 0.2) is 23.1 Å². The maximum absolute atomic E-state index is 12.5. The molecule has 2 rings (SSSR count). The highest BCUT2D eigenvalue weighted by Gasteiger charge is 2.29. The lowest BCUT2D eigenvalue weighted by atomic mass is 9.83. The van der Waals surface area contributed by atoms with Crippen LogP contribution in [-0.2, 0) is 10.0 Å². The number of benzene rings is 1. The molecule has 0 bridgehead atoms. The molecule has 0 amide bonds. The summed E-state index contributed by atoms with van der Waals surface area (Å²) < 4.78 is 27.8. The van der Waals surface area contributed by atoms with Gasteiger partial charge in [-0.05, 0) is 37.0 Å². The van der Waals surface area contributed by atoms with E-state index in [1.807, 2.05) is 6.07 Å². The molecule has 6 heteroatoms. The number of nitrogens with zero attached hydrogens (tertiary/aromatic N) is 1. The Balaban J connectivity index is 2.24. The Morgan fingerprint density at radius 3 is 2.71 bits per heavy atom. The van der Waals surface area contributed by atoms with Crippen molar-refractivity contribution in [3.8, 4) is 6.07 Å². The highest BCUT2D eigenvalue weighted by atomic mass is 35.5. The molecule has 0 aliphatic heterocycles. The molecule has 2 atom stereocenters. The van der Waals surface area contributed by atoms with E-state index in [0.29, 0.717) is 11.5 Å². The lowest BCUT2D eigenvalue weighted by Crippen LogP contribution is -2.41. The Hall–Kier alpha value is -1.09. The first-order valence-electron chi connectivity index (χ1n) is 7.20. The third-order valence-electron chi connectivity index (χ3n) is 4.09. The molecule has 2 unspecified atom stereocenters. The summed E-state index contributed by atoms with van der Waals surface area (Å²) in [5.74, 6) is 0.380. The van der Waals surface area contributed by atoms with Gasteiger partial charge in [0.25, 0.3) is 0 Å². The van der Waals surface area contributed by atoms with Gasteiger partial charge in [-0.3, -0.25) is 0 Å². The van der Waals surface area contributed by atoms with Crippen molar-refractivity contribution in [3.05, 3.63) is 28.8 Å². The van der Waals surface area contributed by atoms with Crippen molar-refractivity contribution in [3.63, 3.8) is 0 Å². The normalized spacial score (nSPS) is 22.7. The predicted molar refractivity (Wildman–Crippen MR) is 82.5 cm³/mol. The zero-order chi connectivity index (χ0) is 15.5. The van der Waals surface area contributed by atoms with Crippen LogP contribution in [-0.4, -0.2) is 14.5 Å². The zero-order valence-electron chi connectivity index (χ0n) is 12.0. The van der Waals surface area contributed by atoms with Gasteiger partial charge in [-0.15, -0.1) is 0 Å². The molecule has 0 heterocycles. The molecular formula is C15H19ClN2O2S. The number of hydrogen-bond acceptors (Lipinski definition) is 3. The Bertz CT molecular complexity index is 652. The van der Waals surface area contributed by atoms with Gasteiger partial charge in [-0.1, -0.05) is 37.8 Å². The van der Waals surface area contributed by atoms with E-state index in [1.165, 1.54) is 18.2 Å². The summed E-state index contributed by atoms with van der Waals surface area (Å²) in [7, 11) is -3.65. The van der Waals surface area contributed by atoms with E-state index < -0.39 is 10.0 Å². The average molecular weight is 327 g/mol. The number of nitriles is 1. The summed E-state index contributed by atoms with van der Waals surface area (Å²) in [6.45, 7) is 2.09. The molecule has 1 aliphatic carbocycles. The summed E-state index contributed by atoms with van der Waals surface area (Å²) in [4.78, 5) is 0.0450. The van der Waals surface area contributed by atoms with Gasteiger partial charge >= 0.3 is 0 Å². The second-order valence-electron chi connectivity index (χ2n) is 5.44. The van der Waals surface area contributed by atoms with Crippen molar-refractivity contribution in [2.24, 2.45) is 5.92 Å². The van der Waals surface area contributed by atoms with Crippen LogP contribution < -0.4 is 4.72 Å². The minimum Gasteiger partial charge on any atom is -0.208 e. The molecule has 114 valence electrons. The molecular weight excluding hydrogens is 308 g/mol.